The zero-order valence-electron chi connectivity index (χ0n) is 15.7. The summed E-state index contributed by atoms with van der Waals surface area (Å²) in [5.74, 6) is -3.37. The van der Waals surface area contributed by atoms with Crippen LogP contribution in [0.5, 0.6) is 0 Å². The number of carbonyl (C=O) groups excluding carboxylic acids is 2. The Kier molecular flexibility index (Phi) is 10.0. The van der Waals surface area contributed by atoms with Crippen molar-refractivity contribution in [3.8, 4) is 0 Å². The molecule has 0 aromatic rings. The molecule has 0 aromatic carbocycles. The summed E-state index contributed by atoms with van der Waals surface area (Å²) < 4.78 is 10.1. The summed E-state index contributed by atoms with van der Waals surface area (Å²) in [5.41, 5.74) is 0. The average Bonchev–Trinajstić information content (AvgIpc) is 2.51. The van der Waals surface area contributed by atoms with Crippen LogP contribution in [0.25, 0.3) is 0 Å². The van der Waals surface area contributed by atoms with Gasteiger partial charge in [0.2, 0.25) is 0 Å². The fourth-order valence-electron chi connectivity index (χ4n) is 2.95. The van der Waals surface area contributed by atoms with Gasteiger partial charge in [0.15, 0.2) is 6.10 Å². The molecule has 1 fully saturated rings. The summed E-state index contributed by atoms with van der Waals surface area (Å²) in [6.45, 7) is 4.23. The van der Waals surface area contributed by atoms with Crippen LogP contribution in [0.3, 0.4) is 0 Å². The van der Waals surface area contributed by atoms with Crippen molar-refractivity contribution >= 4 is 11.9 Å². The Balaban J connectivity index is 2.69. The number of aliphatic hydroxyl groups is 2. The topological polar surface area (TPSA) is 93.1 Å². The second-order valence-electron chi connectivity index (χ2n) is 7.41. The van der Waals surface area contributed by atoms with Crippen LogP contribution < -0.4 is 0 Å². The number of carbonyl (C=O) groups is 2. The van der Waals surface area contributed by atoms with Crippen LogP contribution >= 0.6 is 0 Å². The maximum absolute atomic E-state index is 12.0. The van der Waals surface area contributed by atoms with Crippen LogP contribution in [0.2, 0.25) is 0 Å². The summed E-state index contributed by atoms with van der Waals surface area (Å²) >= 11 is 0. The number of ether oxygens (including phenoxy) is 2. The van der Waals surface area contributed by atoms with Gasteiger partial charge in [-0.05, 0) is 31.6 Å². The minimum absolute atomic E-state index is 0.136. The van der Waals surface area contributed by atoms with Gasteiger partial charge in [-0.25, -0.2) is 0 Å². The van der Waals surface area contributed by atoms with Crippen LogP contribution in [0.15, 0.2) is 0 Å². The van der Waals surface area contributed by atoms with Crippen molar-refractivity contribution in [2.75, 3.05) is 0 Å². The van der Waals surface area contributed by atoms with Crippen molar-refractivity contribution in [1.82, 2.24) is 0 Å². The van der Waals surface area contributed by atoms with Crippen LogP contribution in [-0.2, 0) is 19.1 Å². The van der Waals surface area contributed by atoms with Crippen molar-refractivity contribution in [2.24, 2.45) is 5.92 Å². The van der Waals surface area contributed by atoms with Gasteiger partial charge < -0.3 is 19.7 Å². The maximum atomic E-state index is 12.0. The van der Waals surface area contributed by atoms with Crippen LogP contribution in [0.4, 0.5) is 0 Å². The standard InChI is InChI=1S/C19H34O6/c1-15(2)11-9-10-12-16-19(22,23)25-18(21)14-8-6-4-3-5-7-13-17(20)24-16/h15-16,22-23H,3-14H2,1-2H3. The Morgan fingerprint density at radius 2 is 1.52 bits per heavy atom. The highest BCUT2D eigenvalue weighted by Crippen LogP contribution is 2.23. The molecule has 0 aliphatic carbocycles. The number of hydrogen-bond donors (Lipinski definition) is 2. The van der Waals surface area contributed by atoms with Gasteiger partial charge in [0.25, 0.3) is 0 Å². The molecule has 6 heteroatoms. The molecular formula is C19H34O6. The number of unbranched alkanes of at least 4 members (excludes halogenated alkanes) is 1. The lowest BCUT2D eigenvalue weighted by Crippen LogP contribution is -2.48. The molecule has 1 unspecified atom stereocenters. The molecule has 146 valence electrons. The third kappa shape index (κ3) is 9.80. The van der Waals surface area contributed by atoms with Crippen molar-refractivity contribution in [3.05, 3.63) is 0 Å². The molecule has 25 heavy (non-hydrogen) atoms. The predicted octanol–water partition coefficient (Wildman–Crippen LogP) is 3.43. The average molecular weight is 358 g/mol. The molecular weight excluding hydrogens is 324 g/mol. The molecule has 1 saturated heterocycles. The van der Waals surface area contributed by atoms with E-state index in [1.807, 2.05) is 0 Å². The molecule has 0 amide bonds. The van der Waals surface area contributed by atoms with E-state index in [9.17, 15) is 19.8 Å². The Hall–Kier alpha value is -1.14. The summed E-state index contributed by atoms with van der Waals surface area (Å²) in [7, 11) is 0. The van der Waals surface area contributed by atoms with E-state index in [0.717, 1.165) is 44.9 Å². The van der Waals surface area contributed by atoms with Gasteiger partial charge in [-0.2, -0.15) is 0 Å². The van der Waals surface area contributed by atoms with Gasteiger partial charge in [-0.1, -0.05) is 52.4 Å². The molecule has 0 radical (unpaired) electrons. The number of cyclic esters (lactones) is 2. The molecule has 1 rings (SSSR count). The Bertz CT molecular complexity index is 405. The second kappa shape index (κ2) is 11.5. The van der Waals surface area contributed by atoms with E-state index >= 15 is 0 Å². The van der Waals surface area contributed by atoms with Crippen molar-refractivity contribution in [1.29, 1.82) is 0 Å². The number of rotatable bonds is 5. The molecule has 1 heterocycles. The van der Waals surface area contributed by atoms with E-state index in [4.69, 9.17) is 9.47 Å². The lowest BCUT2D eigenvalue weighted by atomic mass is 10.0. The molecule has 1 aliphatic heterocycles. The quantitative estimate of drug-likeness (QED) is 0.444. The van der Waals surface area contributed by atoms with Gasteiger partial charge in [-0.15, -0.1) is 0 Å². The van der Waals surface area contributed by atoms with Crippen molar-refractivity contribution in [2.45, 2.75) is 103 Å². The zero-order valence-corrected chi connectivity index (χ0v) is 15.7. The van der Waals surface area contributed by atoms with E-state index in [-0.39, 0.29) is 19.3 Å². The van der Waals surface area contributed by atoms with Crippen LogP contribution in [0.1, 0.15) is 90.9 Å². The van der Waals surface area contributed by atoms with E-state index in [1.165, 1.54) is 0 Å². The van der Waals surface area contributed by atoms with Gasteiger partial charge in [0.1, 0.15) is 0 Å². The van der Waals surface area contributed by atoms with Crippen molar-refractivity contribution in [3.63, 3.8) is 0 Å². The highest BCUT2D eigenvalue weighted by atomic mass is 16.8. The highest BCUT2D eigenvalue weighted by Gasteiger charge is 2.41. The second-order valence-corrected chi connectivity index (χ2v) is 7.41. The number of hydrogen-bond acceptors (Lipinski definition) is 6. The predicted molar refractivity (Wildman–Crippen MR) is 93.4 cm³/mol. The van der Waals surface area contributed by atoms with E-state index < -0.39 is 24.0 Å². The molecule has 1 atom stereocenters. The van der Waals surface area contributed by atoms with Gasteiger partial charge in [0.05, 0.1) is 0 Å². The van der Waals surface area contributed by atoms with E-state index in [1.54, 1.807) is 0 Å². The summed E-state index contributed by atoms with van der Waals surface area (Å²) in [6, 6.07) is 0. The van der Waals surface area contributed by atoms with E-state index in [0.29, 0.717) is 18.8 Å². The first kappa shape index (κ1) is 21.9. The largest absolute Gasteiger partial charge is 0.452 e. The molecule has 0 bridgehead atoms. The lowest BCUT2D eigenvalue weighted by Gasteiger charge is -2.30. The SMILES string of the molecule is CC(C)CCCCC1OC(=O)CCCCCCCCC(=O)OC1(O)O. The monoisotopic (exact) mass is 358 g/mol. The van der Waals surface area contributed by atoms with Crippen LogP contribution in [0, 0.1) is 5.92 Å². The minimum atomic E-state index is -2.77. The fourth-order valence-corrected chi connectivity index (χ4v) is 2.95. The van der Waals surface area contributed by atoms with E-state index in [2.05, 4.69) is 13.8 Å². The minimum Gasteiger partial charge on any atom is -0.452 e. The molecule has 2 N–H and O–H groups in total. The summed E-state index contributed by atoms with van der Waals surface area (Å²) in [6.07, 6.45) is 7.15. The Morgan fingerprint density at radius 3 is 2.12 bits per heavy atom. The molecule has 0 spiro atoms. The fraction of sp³-hybridized carbons (Fsp3) is 0.895. The lowest BCUT2D eigenvalue weighted by molar-refractivity contribution is -0.360. The normalized spacial score (nSPS) is 23.6. The zero-order chi connectivity index (χ0) is 18.7. The maximum Gasteiger partial charge on any atom is 0.363 e. The first-order valence-electron chi connectivity index (χ1n) is 9.67. The highest BCUT2D eigenvalue weighted by molar-refractivity contribution is 5.70. The Labute approximate surface area is 150 Å². The number of esters is 2. The molecule has 1 aliphatic rings. The first-order valence-corrected chi connectivity index (χ1v) is 9.67. The molecule has 6 nitrogen and oxygen atoms in total. The van der Waals surface area contributed by atoms with Gasteiger partial charge in [0, 0.05) is 12.8 Å². The smallest absolute Gasteiger partial charge is 0.363 e. The first-order chi connectivity index (χ1) is 11.8. The Morgan fingerprint density at radius 1 is 0.960 bits per heavy atom. The third-order valence-electron chi connectivity index (χ3n) is 4.47. The van der Waals surface area contributed by atoms with Crippen LogP contribution in [-0.4, -0.2) is 34.2 Å². The summed E-state index contributed by atoms with van der Waals surface area (Å²) in [5, 5.41) is 20.4. The molecule has 0 aromatic heterocycles. The molecule has 0 saturated carbocycles. The van der Waals surface area contributed by atoms with Gasteiger partial charge >= 0.3 is 17.9 Å². The summed E-state index contributed by atoms with van der Waals surface area (Å²) in [4.78, 5) is 23.8. The van der Waals surface area contributed by atoms with Gasteiger partial charge in [-0.3, -0.25) is 9.59 Å². The van der Waals surface area contributed by atoms with Crippen molar-refractivity contribution < 1.29 is 29.3 Å². The third-order valence-corrected chi connectivity index (χ3v) is 4.47.